The summed E-state index contributed by atoms with van der Waals surface area (Å²) < 4.78 is 32.6. The van der Waals surface area contributed by atoms with Gasteiger partial charge in [-0.05, 0) is 36.4 Å². The van der Waals surface area contributed by atoms with Gasteiger partial charge in [-0.2, -0.15) is 0 Å². The van der Waals surface area contributed by atoms with Gasteiger partial charge in [0.05, 0.1) is 5.56 Å². The number of furan rings is 1. The molecule has 2 aromatic carbocycles. The lowest BCUT2D eigenvalue weighted by atomic mass is 10.1. The molecule has 0 saturated carbocycles. The van der Waals surface area contributed by atoms with E-state index in [1.54, 1.807) is 30.3 Å². The molecule has 0 spiro atoms. The second-order valence-corrected chi connectivity index (χ2v) is 5.03. The van der Waals surface area contributed by atoms with E-state index in [4.69, 9.17) is 4.42 Å². The fourth-order valence-electron chi connectivity index (χ4n) is 2.16. The Hall–Kier alpha value is -3.48. The van der Waals surface area contributed by atoms with Crippen molar-refractivity contribution in [1.82, 2.24) is 10.9 Å². The van der Waals surface area contributed by atoms with Crippen LogP contribution in [0.2, 0.25) is 0 Å². The molecule has 7 heteroatoms. The van der Waals surface area contributed by atoms with E-state index in [1.807, 2.05) is 0 Å². The summed E-state index contributed by atoms with van der Waals surface area (Å²) >= 11 is 0. The van der Waals surface area contributed by atoms with Gasteiger partial charge in [0.25, 0.3) is 5.91 Å². The molecule has 3 aromatic rings. The van der Waals surface area contributed by atoms with Crippen molar-refractivity contribution in [2.75, 3.05) is 0 Å². The normalized spacial score (nSPS) is 10.3. The summed E-state index contributed by atoms with van der Waals surface area (Å²) in [6.45, 7) is 0. The Kier molecular flexibility index (Phi) is 4.56. The molecule has 0 radical (unpaired) electrons. The third kappa shape index (κ3) is 3.55. The van der Waals surface area contributed by atoms with Gasteiger partial charge in [-0.25, -0.2) is 8.78 Å². The average Bonchev–Trinajstić information content (AvgIpc) is 3.10. The van der Waals surface area contributed by atoms with E-state index in [0.29, 0.717) is 5.56 Å². The van der Waals surface area contributed by atoms with Crippen LogP contribution in [0.5, 0.6) is 0 Å². The maximum absolute atomic E-state index is 13.7. The quantitative estimate of drug-likeness (QED) is 0.718. The van der Waals surface area contributed by atoms with Crippen molar-refractivity contribution in [1.29, 1.82) is 0 Å². The fourth-order valence-corrected chi connectivity index (χ4v) is 2.16. The molecule has 3 rings (SSSR count). The zero-order valence-corrected chi connectivity index (χ0v) is 12.8. The number of hydrogen-bond donors (Lipinski definition) is 2. The smallest absolute Gasteiger partial charge is 0.305 e. The Bertz CT molecular complexity index is 903. The number of hydrazine groups is 1. The molecule has 0 bridgehead atoms. The fraction of sp³-hybridized carbons (Fsp3) is 0. The van der Waals surface area contributed by atoms with Crippen LogP contribution in [0.25, 0.3) is 11.3 Å². The molecule has 1 heterocycles. The lowest BCUT2D eigenvalue weighted by Crippen LogP contribution is -2.41. The van der Waals surface area contributed by atoms with Gasteiger partial charge in [0.1, 0.15) is 17.4 Å². The summed E-state index contributed by atoms with van der Waals surface area (Å²) in [5, 5.41) is 0. The highest BCUT2D eigenvalue weighted by Gasteiger charge is 2.18. The summed E-state index contributed by atoms with van der Waals surface area (Å²) in [5.74, 6) is -3.22. The maximum atomic E-state index is 13.7. The molecule has 2 N–H and O–H groups in total. The van der Waals surface area contributed by atoms with Crippen LogP contribution in [-0.4, -0.2) is 11.8 Å². The zero-order chi connectivity index (χ0) is 17.8. The van der Waals surface area contributed by atoms with Crippen molar-refractivity contribution >= 4 is 11.8 Å². The highest BCUT2D eigenvalue weighted by Crippen LogP contribution is 2.27. The summed E-state index contributed by atoms with van der Waals surface area (Å²) in [4.78, 5) is 23.8. The molecule has 5 nitrogen and oxygen atoms in total. The lowest BCUT2D eigenvalue weighted by molar-refractivity contribution is 0.0831. The van der Waals surface area contributed by atoms with Crippen LogP contribution in [0.1, 0.15) is 20.9 Å². The predicted octanol–water partition coefficient (Wildman–Crippen LogP) is 3.30. The summed E-state index contributed by atoms with van der Waals surface area (Å²) in [6.07, 6.45) is 0. The first-order valence-corrected chi connectivity index (χ1v) is 7.26. The number of nitrogens with one attached hydrogen (secondary N) is 2. The van der Waals surface area contributed by atoms with Crippen LogP contribution in [0, 0.1) is 11.6 Å². The molecular formula is C18H12F2N2O3. The van der Waals surface area contributed by atoms with Crippen molar-refractivity contribution in [3.63, 3.8) is 0 Å². The molecule has 0 aliphatic rings. The van der Waals surface area contributed by atoms with Gasteiger partial charge in [-0.15, -0.1) is 0 Å². The summed E-state index contributed by atoms with van der Waals surface area (Å²) in [6, 6.07) is 14.2. The van der Waals surface area contributed by atoms with Crippen molar-refractivity contribution in [3.8, 4) is 11.3 Å². The third-order valence-corrected chi connectivity index (χ3v) is 3.36. The first-order chi connectivity index (χ1) is 12.1. The van der Waals surface area contributed by atoms with E-state index in [9.17, 15) is 18.4 Å². The van der Waals surface area contributed by atoms with Gasteiger partial charge in [0.15, 0.2) is 5.76 Å². The van der Waals surface area contributed by atoms with E-state index >= 15 is 0 Å². The molecule has 0 atom stereocenters. The maximum Gasteiger partial charge on any atom is 0.305 e. The Morgan fingerprint density at radius 2 is 1.40 bits per heavy atom. The SMILES string of the molecule is O=C(NNC(=O)c1ccc(-c2c(F)cccc2F)o1)c1ccccc1. The first-order valence-electron chi connectivity index (χ1n) is 7.26. The Morgan fingerprint density at radius 1 is 0.760 bits per heavy atom. The van der Waals surface area contributed by atoms with Gasteiger partial charge in [0.2, 0.25) is 0 Å². The van der Waals surface area contributed by atoms with E-state index < -0.39 is 23.4 Å². The molecule has 2 amide bonds. The molecule has 126 valence electrons. The predicted molar refractivity (Wildman–Crippen MR) is 85.4 cm³/mol. The Balaban J connectivity index is 1.70. The highest BCUT2D eigenvalue weighted by atomic mass is 19.1. The van der Waals surface area contributed by atoms with Gasteiger partial charge < -0.3 is 4.42 Å². The monoisotopic (exact) mass is 342 g/mol. The zero-order valence-electron chi connectivity index (χ0n) is 12.8. The second-order valence-electron chi connectivity index (χ2n) is 5.03. The summed E-state index contributed by atoms with van der Waals surface area (Å²) in [5.41, 5.74) is 4.39. The third-order valence-electron chi connectivity index (χ3n) is 3.36. The molecule has 25 heavy (non-hydrogen) atoms. The topological polar surface area (TPSA) is 71.3 Å². The van der Waals surface area contributed by atoms with Crippen LogP contribution in [0.3, 0.4) is 0 Å². The number of carbonyl (C=O) groups excluding carboxylic acids is 2. The van der Waals surface area contributed by atoms with Crippen molar-refractivity contribution in [2.45, 2.75) is 0 Å². The second kappa shape index (κ2) is 6.96. The minimum Gasteiger partial charge on any atom is -0.451 e. The molecule has 0 aliphatic heterocycles. The molecule has 0 aliphatic carbocycles. The van der Waals surface area contributed by atoms with Crippen molar-refractivity contribution in [2.24, 2.45) is 0 Å². The van der Waals surface area contributed by atoms with Gasteiger partial charge >= 0.3 is 5.91 Å². The summed E-state index contributed by atoms with van der Waals surface area (Å²) in [7, 11) is 0. The van der Waals surface area contributed by atoms with Crippen molar-refractivity contribution in [3.05, 3.63) is 83.6 Å². The highest BCUT2D eigenvalue weighted by molar-refractivity contribution is 5.98. The van der Waals surface area contributed by atoms with E-state index in [1.165, 1.54) is 18.2 Å². The number of hydrogen-bond acceptors (Lipinski definition) is 3. The molecule has 1 aromatic heterocycles. The first kappa shape index (κ1) is 16.4. The molecule has 0 unspecified atom stereocenters. The van der Waals surface area contributed by atoms with Gasteiger partial charge in [-0.1, -0.05) is 24.3 Å². The Labute approximate surface area is 141 Å². The lowest BCUT2D eigenvalue weighted by Gasteiger charge is -2.06. The molecule has 0 saturated heterocycles. The van der Waals surface area contributed by atoms with Crippen LogP contribution in [0.15, 0.2) is 65.1 Å². The minimum atomic E-state index is -0.807. The van der Waals surface area contributed by atoms with Crippen molar-refractivity contribution < 1.29 is 22.8 Å². The number of carbonyl (C=O) groups is 2. The number of rotatable bonds is 3. The van der Waals surface area contributed by atoms with E-state index in [-0.39, 0.29) is 17.1 Å². The van der Waals surface area contributed by atoms with Gasteiger partial charge in [0, 0.05) is 5.56 Å². The Morgan fingerprint density at radius 3 is 2.08 bits per heavy atom. The standard InChI is InChI=1S/C18H12F2N2O3/c19-12-7-4-8-13(20)16(12)14-9-10-15(25-14)18(24)22-21-17(23)11-5-2-1-3-6-11/h1-10H,(H,21,23)(H,22,24). The van der Waals surface area contributed by atoms with E-state index in [2.05, 4.69) is 10.9 Å². The molecular weight excluding hydrogens is 330 g/mol. The van der Waals surface area contributed by atoms with Crippen LogP contribution in [-0.2, 0) is 0 Å². The van der Waals surface area contributed by atoms with Crippen LogP contribution < -0.4 is 10.9 Å². The number of halogens is 2. The van der Waals surface area contributed by atoms with E-state index in [0.717, 1.165) is 12.1 Å². The molecule has 0 fully saturated rings. The largest absolute Gasteiger partial charge is 0.451 e. The average molecular weight is 342 g/mol. The minimum absolute atomic E-state index is 0.130. The number of amides is 2. The number of benzene rings is 2. The van der Waals surface area contributed by atoms with Gasteiger partial charge in [-0.3, -0.25) is 20.4 Å². The van der Waals surface area contributed by atoms with Crippen LogP contribution in [0.4, 0.5) is 8.78 Å². The van der Waals surface area contributed by atoms with Crippen LogP contribution >= 0.6 is 0 Å².